The molecule has 1 aliphatic carbocycles. The third kappa shape index (κ3) is 3.59. The normalized spacial score (nSPS) is 15.6. The first kappa shape index (κ1) is 15.5. The fourth-order valence-corrected chi connectivity index (χ4v) is 2.84. The number of nitro groups is 1. The van der Waals surface area contributed by atoms with Crippen molar-refractivity contribution in [1.29, 1.82) is 0 Å². The molecule has 0 unspecified atom stereocenters. The van der Waals surface area contributed by atoms with Gasteiger partial charge in [-0.2, -0.15) is 0 Å². The third-order valence-electron chi connectivity index (χ3n) is 4.00. The molecular weight excluding hydrogens is 270 g/mol. The maximum atomic E-state index is 11.3. The highest BCUT2D eigenvalue weighted by atomic mass is 16.6. The lowest BCUT2D eigenvalue weighted by molar-refractivity contribution is -0.383. The zero-order valence-electron chi connectivity index (χ0n) is 12.7. The lowest BCUT2D eigenvalue weighted by Gasteiger charge is -2.30. The average Bonchev–Trinajstić information content (AvgIpc) is 2.92. The highest BCUT2D eigenvalue weighted by molar-refractivity contribution is 5.68. The molecule has 1 aliphatic rings. The smallest absolute Gasteiger partial charge is 0.353 e. The van der Waals surface area contributed by atoms with Gasteiger partial charge in [-0.25, -0.2) is 9.97 Å². The molecule has 7 nitrogen and oxygen atoms in total. The first-order valence-electron chi connectivity index (χ1n) is 7.52. The number of aromatic nitrogens is 2. The molecule has 1 heterocycles. The summed E-state index contributed by atoms with van der Waals surface area (Å²) in [4.78, 5) is 20.9. The van der Waals surface area contributed by atoms with E-state index < -0.39 is 4.92 Å². The van der Waals surface area contributed by atoms with Crippen molar-refractivity contribution in [1.82, 2.24) is 9.97 Å². The Morgan fingerprint density at radius 2 is 2.10 bits per heavy atom. The Morgan fingerprint density at radius 1 is 1.43 bits per heavy atom. The third-order valence-corrected chi connectivity index (χ3v) is 4.00. The summed E-state index contributed by atoms with van der Waals surface area (Å²) in [6, 6.07) is 0.316. The van der Waals surface area contributed by atoms with E-state index in [0.29, 0.717) is 17.8 Å². The number of nitrogen functional groups attached to an aromatic ring is 1. The molecule has 0 radical (unpaired) electrons. The molecule has 2 N–H and O–H groups in total. The summed E-state index contributed by atoms with van der Waals surface area (Å²) in [5, 5.41) is 11.3. The fourth-order valence-electron chi connectivity index (χ4n) is 2.84. The van der Waals surface area contributed by atoms with Gasteiger partial charge in [0, 0.05) is 12.6 Å². The number of hydrogen-bond donors (Lipinski definition) is 1. The van der Waals surface area contributed by atoms with Crippen molar-refractivity contribution >= 4 is 17.3 Å². The van der Waals surface area contributed by atoms with Crippen molar-refractivity contribution in [2.24, 2.45) is 5.92 Å². The van der Waals surface area contributed by atoms with Crippen LogP contribution in [0.15, 0.2) is 6.33 Å². The highest BCUT2D eigenvalue weighted by Gasteiger charge is 2.31. The van der Waals surface area contributed by atoms with Crippen LogP contribution in [0.25, 0.3) is 0 Å². The van der Waals surface area contributed by atoms with Crippen LogP contribution in [-0.4, -0.2) is 27.5 Å². The van der Waals surface area contributed by atoms with E-state index >= 15 is 0 Å². The van der Waals surface area contributed by atoms with Gasteiger partial charge in [0.05, 0.1) is 4.92 Å². The largest absolute Gasteiger partial charge is 0.378 e. The van der Waals surface area contributed by atoms with Crippen molar-refractivity contribution in [3.05, 3.63) is 16.4 Å². The quantitative estimate of drug-likeness (QED) is 0.639. The van der Waals surface area contributed by atoms with Crippen LogP contribution in [0, 0.1) is 16.0 Å². The van der Waals surface area contributed by atoms with E-state index in [-0.39, 0.29) is 11.5 Å². The summed E-state index contributed by atoms with van der Waals surface area (Å²) >= 11 is 0. The van der Waals surface area contributed by atoms with Crippen LogP contribution >= 0.6 is 0 Å². The molecule has 0 saturated heterocycles. The highest BCUT2D eigenvalue weighted by Crippen LogP contribution is 2.35. The Kier molecular flexibility index (Phi) is 4.93. The summed E-state index contributed by atoms with van der Waals surface area (Å²) in [5.74, 6) is 0.852. The van der Waals surface area contributed by atoms with E-state index in [1.165, 1.54) is 6.33 Å². The zero-order valence-corrected chi connectivity index (χ0v) is 12.7. The molecule has 0 aromatic carbocycles. The molecular formula is C14H23N5O2. The van der Waals surface area contributed by atoms with Crippen molar-refractivity contribution in [3.63, 3.8) is 0 Å². The number of rotatable bonds is 6. The second-order valence-corrected chi connectivity index (χ2v) is 6.00. The predicted octanol–water partition coefficient (Wildman–Crippen LogP) is 2.76. The number of hydrogen-bond acceptors (Lipinski definition) is 6. The molecule has 2 rings (SSSR count). The summed E-state index contributed by atoms with van der Waals surface area (Å²) in [7, 11) is 0. The molecule has 21 heavy (non-hydrogen) atoms. The minimum absolute atomic E-state index is 0.0578. The summed E-state index contributed by atoms with van der Waals surface area (Å²) in [6.07, 6.45) is 6.72. The second kappa shape index (κ2) is 6.69. The van der Waals surface area contributed by atoms with Crippen LogP contribution in [0.3, 0.4) is 0 Å². The molecule has 7 heteroatoms. The maximum absolute atomic E-state index is 11.3. The van der Waals surface area contributed by atoms with Crippen LogP contribution in [0.5, 0.6) is 0 Å². The van der Waals surface area contributed by atoms with E-state index in [1.54, 1.807) is 0 Å². The zero-order chi connectivity index (χ0) is 15.4. The summed E-state index contributed by atoms with van der Waals surface area (Å²) < 4.78 is 0. The topological polar surface area (TPSA) is 98.2 Å². The van der Waals surface area contributed by atoms with Crippen molar-refractivity contribution < 1.29 is 4.92 Å². The molecule has 0 atom stereocenters. The summed E-state index contributed by atoms with van der Waals surface area (Å²) in [5.41, 5.74) is 5.54. The molecule has 0 spiro atoms. The van der Waals surface area contributed by atoms with Crippen molar-refractivity contribution in [3.8, 4) is 0 Å². The van der Waals surface area contributed by atoms with Crippen LogP contribution in [-0.2, 0) is 0 Å². The van der Waals surface area contributed by atoms with Gasteiger partial charge in [0.15, 0.2) is 0 Å². The minimum atomic E-state index is -0.470. The standard InChI is InChI=1S/C14H23N5O2/c1-10(2)7-8-18(11-5-3-4-6-11)14-12(19(20)21)13(15)16-9-17-14/h9-11H,3-8H2,1-2H3,(H2,15,16,17). The molecule has 1 aromatic heterocycles. The van der Waals surface area contributed by atoms with E-state index in [4.69, 9.17) is 5.73 Å². The van der Waals surface area contributed by atoms with E-state index in [1.807, 2.05) is 0 Å². The lowest BCUT2D eigenvalue weighted by Crippen LogP contribution is -2.36. The number of nitrogens with two attached hydrogens (primary N) is 1. The van der Waals surface area contributed by atoms with Crippen LogP contribution in [0.2, 0.25) is 0 Å². The number of nitrogens with zero attached hydrogens (tertiary/aromatic N) is 4. The maximum Gasteiger partial charge on any atom is 0.353 e. The van der Waals surface area contributed by atoms with Gasteiger partial charge < -0.3 is 10.6 Å². The lowest BCUT2D eigenvalue weighted by atomic mass is 10.1. The second-order valence-electron chi connectivity index (χ2n) is 6.00. The predicted molar refractivity (Wildman–Crippen MR) is 82.2 cm³/mol. The Hall–Kier alpha value is -1.92. The molecule has 0 bridgehead atoms. The fraction of sp³-hybridized carbons (Fsp3) is 0.714. The van der Waals surface area contributed by atoms with Gasteiger partial charge in [0.2, 0.25) is 11.6 Å². The van der Waals surface area contributed by atoms with Gasteiger partial charge in [-0.05, 0) is 25.2 Å². The van der Waals surface area contributed by atoms with E-state index in [0.717, 1.165) is 38.6 Å². The van der Waals surface area contributed by atoms with Crippen LogP contribution in [0.4, 0.5) is 17.3 Å². The van der Waals surface area contributed by atoms with E-state index in [2.05, 4.69) is 28.7 Å². The van der Waals surface area contributed by atoms with Crippen molar-refractivity contribution in [2.45, 2.75) is 52.0 Å². The van der Waals surface area contributed by atoms with Gasteiger partial charge in [0.1, 0.15) is 6.33 Å². The minimum Gasteiger partial charge on any atom is -0.378 e. The molecule has 1 saturated carbocycles. The van der Waals surface area contributed by atoms with Crippen LogP contribution < -0.4 is 10.6 Å². The van der Waals surface area contributed by atoms with Crippen molar-refractivity contribution in [2.75, 3.05) is 17.2 Å². The average molecular weight is 293 g/mol. The molecule has 0 amide bonds. The van der Waals surface area contributed by atoms with Gasteiger partial charge in [-0.3, -0.25) is 10.1 Å². The van der Waals surface area contributed by atoms with Crippen LogP contribution in [0.1, 0.15) is 46.0 Å². The Balaban J connectivity index is 2.35. The summed E-state index contributed by atoms with van der Waals surface area (Å²) in [6.45, 7) is 5.06. The Bertz CT molecular complexity index is 500. The van der Waals surface area contributed by atoms with E-state index in [9.17, 15) is 10.1 Å². The Labute approximate surface area is 124 Å². The SMILES string of the molecule is CC(C)CCN(c1ncnc(N)c1[N+](=O)[O-])C1CCCC1. The first-order chi connectivity index (χ1) is 10.0. The molecule has 116 valence electrons. The molecule has 1 aromatic rings. The molecule has 0 aliphatic heterocycles. The molecule has 1 fully saturated rings. The van der Waals surface area contributed by atoms with Gasteiger partial charge in [0.25, 0.3) is 0 Å². The number of anilines is 2. The van der Waals surface area contributed by atoms with Gasteiger partial charge >= 0.3 is 5.69 Å². The van der Waals surface area contributed by atoms with Gasteiger partial charge in [-0.1, -0.05) is 26.7 Å². The monoisotopic (exact) mass is 293 g/mol. The first-order valence-corrected chi connectivity index (χ1v) is 7.52. The van der Waals surface area contributed by atoms with Gasteiger partial charge in [-0.15, -0.1) is 0 Å². The Morgan fingerprint density at radius 3 is 2.67 bits per heavy atom.